The molecular formula is C14H8F2N2O2. The van der Waals surface area contributed by atoms with Crippen LogP contribution in [-0.4, -0.2) is 16.7 Å². The summed E-state index contributed by atoms with van der Waals surface area (Å²) in [5.74, 6) is -3.56. The first-order valence-corrected chi connectivity index (χ1v) is 5.82. The highest BCUT2D eigenvalue weighted by Crippen LogP contribution is 2.33. The van der Waals surface area contributed by atoms with Crippen molar-refractivity contribution in [1.82, 2.24) is 4.98 Å². The highest BCUT2D eigenvalue weighted by molar-refractivity contribution is 6.52. The fraction of sp³-hybridized carbons (Fsp3) is 0.0714. The Morgan fingerprint density at radius 2 is 1.80 bits per heavy atom. The minimum Gasteiger partial charge on any atom is -0.298 e. The Morgan fingerprint density at radius 1 is 1.10 bits per heavy atom. The van der Waals surface area contributed by atoms with Gasteiger partial charge in [-0.1, -0.05) is 0 Å². The zero-order valence-corrected chi connectivity index (χ0v) is 10.1. The summed E-state index contributed by atoms with van der Waals surface area (Å²) < 4.78 is 27.0. The third kappa shape index (κ3) is 1.85. The molecule has 1 aliphatic heterocycles. The van der Waals surface area contributed by atoms with Crippen LogP contribution < -0.4 is 4.90 Å². The topological polar surface area (TPSA) is 50.3 Å². The van der Waals surface area contributed by atoms with Crippen LogP contribution in [0.4, 0.5) is 14.5 Å². The summed E-state index contributed by atoms with van der Waals surface area (Å²) >= 11 is 0. The quantitative estimate of drug-likeness (QED) is 0.788. The fourth-order valence-corrected chi connectivity index (χ4v) is 2.17. The maximum Gasteiger partial charge on any atom is 0.299 e. The molecule has 1 aromatic heterocycles. The predicted octanol–water partition coefficient (Wildman–Crippen LogP) is 2.09. The minimum absolute atomic E-state index is 0.0304. The summed E-state index contributed by atoms with van der Waals surface area (Å²) in [4.78, 5) is 28.5. The molecule has 0 radical (unpaired) electrons. The number of aromatic nitrogens is 1. The first kappa shape index (κ1) is 12.4. The van der Waals surface area contributed by atoms with Crippen molar-refractivity contribution in [1.29, 1.82) is 0 Å². The molecule has 1 amide bonds. The van der Waals surface area contributed by atoms with Crippen LogP contribution >= 0.6 is 0 Å². The molecule has 0 unspecified atom stereocenters. The summed E-state index contributed by atoms with van der Waals surface area (Å²) in [5, 5.41) is 0. The Balaban J connectivity index is 2.07. The summed E-state index contributed by atoms with van der Waals surface area (Å²) in [6.45, 7) is 0.0304. The number of rotatable bonds is 2. The number of amides is 1. The number of carbonyl (C=O) groups is 2. The molecule has 0 atom stereocenters. The van der Waals surface area contributed by atoms with Gasteiger partial charge in [0.25, 0.3) is 11.7 Å². The summed E-state index contributed by atoms with van der Waals surface area (Å²) in [5.41, 5.74) is 0.289. The average molecular weight is 274 g/mol. The molecule has 1 aliphatic rings. The van der Waals surface area contributed by atoms with Crippen molar-refractivity contribution in [2.75, 3.05) is 4.90 Å². The molecule has 100 valence electrons. The van der Waals surface area contributed by atoms with Crippen LogP contribution in [0.15, 0.2) is 36.7 Å². The van der Waals surface area contributed by atoms with E-state index in [9.17, 15) is 18.4 Å². The van der Waals surface area contributed by atoms with E-state index in [4.69, 9.17) is 0 Å². The van der Waals surface area contributed by atoms with E-state index in [-0.39, 0.29) is 17.8 Å². The Kier molecular flexibility index (Phi) is 2.78. The Hall–Kier alpha value is -2.63. The van der Waals surface area contributed by atoms with E-state index in [1.54, 1.807) is 12.1 Å². The number of hydrogen-bond acceptors (Lipinski definition) is 3. The monoisotopic (exact) mass is 274 g/mol. The van der Waals surface area contributed by atoms with Crippen molar-refractivity contribution in [3.05, 3.63) is 59.4 Å². The van der Waals surface area contributed by atoms with Gasteiger partial charge < -0.3 is 0 Å². The van der Waals surface area contributed by atoms with Crippen molar-refractivity contribution in [2.24, 2.45) is 0 Å². The molecule has 0 bridgehead atoms. The van der Waals surface area contributed by atoms with Gasteiger partial charge in [0.1, 0.15) is 5.82 Å². The Bertz CT molecular complexity index is 717. The van der Waals surface area contributed by atoms with Crippen molar-refractivity contribution in [3.63, 3.8) is 0 Å². The zero-order chi connectivity index (χ0) is 14.3. The third-order valence-electron chi connectivity index (χ3n) is 3.07. The molecule has 20 heavy (non-hydrogen) atoms. The number of carbonyl (C=O) groups excluding carboxylic acids is 2. The number of nitrogens with zero attached hydrogens (tertiary/aromatic N) is 2. The lowest BCUT2D eigenvalue weighted by Crippen LogP contribution is -2.29. The van der Waals surface area contributed by atoms with Gasteiger partial charge >= 0.3 is 0 Å². The molecule has 2 aromatic rings. The second-order valence-corrected chi connectivity index (χ2v) is 4.36. The van der Waals surface area contributed by atoms with Crippen LogP contribution in [0.5, 0.6) is 0 Å². The number of ketones is 1. The van der Waals surface area contributed by atoms with Gasteiger partial charge in [-0.25, -0.2) is 8.78 Å². The standard InChI is InChI=1S/C14H8F2N2O2/c15-9-5-10-12(11(16)6-9)18(14(20)13(10)19)7-8-1-3-17-4-2-8/h1-6H,7H2. The molecule has 0 saturated carbocycles. The Labute approximate surface area is 112 Å². The van der Waals surface area contributed by atoms with Crippen LogP contribution in [0.1, 0.15) is 15.9 Å². The van der Waals surface area contributed by atoms with Gasteiger partial charge in [0, 0.05) is 18.5 Å². The van der Waals surface area contributed by atoms with E-state index in [1.165, 1.54) is 12.4 Å². The van der Waals surface area contributed by atoms with Gasteiger partial charge in [0.2, 0.25) is 0 Å². The van der Waals surface area contributed by atoms with Crippen LogP contribution in [0.3, 0.4) is 0 Å². The molecular weight excluding hydrogens is 266 g/mol. The number of Topliss-reactive ketones (excluding diaryl/α,β-unsaturated/α-hetero) is 1. The molecule has 0 fully saturated rings. The van der Waals surface area contributed by atoms with Crippen molar-refractivity contribution in [2.45, 2.75) is 6.54 Å². The van der Waals surface area contributed by atoms with E-state index in [1.807, 2.05) is 0 Å². The highest BCUT2D eigenvalue weighted by Gasteiger charge is 2.38. The lowest BCUT2D eigenvalue weighted by Gasteiger charge is -2.16. The lowest BCUT2D eigenvalue weighted by atomic mass is 10.1. The molecule has 0 spiro atoms. The summed E-state index contributed by atoms with van der Waals surface area (Å²) in [7, 11) is 0. The van der Waals surface area contributed by atoms with E-state index in [0.717, 1.165) is 11.0 Å². The van der Waals surface area contributed by atoms with Crippen molar-refractivity contribution in [3.8, 4) is 0 Å². The smallest absolute Gasteiger partial charge is 0.298 e. The van der Waals surface area contributed by atoms with E-state index in [2.05, 4.69) is 4.98 Å². The number of halogens is 2. The largest absolute Gasteiger partial charge is 0.299 e. The summed E-state index contributed by atoms with van der Waals surface area (Å²) in [6, 6.07) is 4.84. The van der Waals surface area contributed by atoms with Gasteiger partial charge in [-0.3, -0.25) is 19.5 Å². The zero-order valence-electron chi connectivity index (χ0n) is 10.1. The van der Waals surface area contributed by atoms with Crippen molar-refractivity contribution >= 4 is 17.4 Å². The average Bonchev–Trinajstić information content (AvgIpc) is 2.65. The van der Waals surface area contributed by atoms with Crippen LogP contribution in [0.2, 0.25) is 0 Å². The first-order chi connectivity index (χ1) is 9.58. The number of hydrogen-bond donors (Lipinski definition) is 0. The maximum atomic E-state index is 13.9. The minimum atomic E-state index is -0.923. The number of fused-ring (bicyclic) bond motifs is 1. The van der Waals surface area contributed by atoms with Gasteiger partial charge in [-0.2, -0.15) is 0 Å². The maximum absolute atomic E-state index is 13.9. The number of benzene rings is 1. The second kappa shape index (κ2) is 4.48. The van der Waals surface area contributed by atoms with E-state index < -0.39 is 23.3 Å². The molecule has 0 saturated heterocycles. The fourth-order valence-electron chi connectivity index (χ4n) is 2.17. The molecule has 0 aliphatic carbocycles. The van der Waals surface area contributed by atoms with Gasteiger partial charge in [0.05, 0.1) is 17.8 Å². The summed E-state index contributed by atoms with van der Waals surface area (Å²) in [6.07, 6.45) is 3.05. The first-order valence-electron chi connectivity index (χ1n) is 5.82. The second-order valence-electron chi connectivity index (χ2n) is 4.36. The van der Waals surface area contributed by atoms with E-state index in [0.29, 0.717) is 11.6 Å². The lowest BCUT2D eigenvalue weighted by molar-refractivity contribution is -0.114. The van der Waals surface area contributed by atoms with E-state index >= 15 is 0 Å². The Morgan fingerprint density at radius 3 is 2.50 bits per heavy atom. The highest BCUT2D eigenvalue weighted by atomic mass is 19.1. The normalized spacial score (nSPS) is 13.8. The van der Waals surface area contributed by atoms with Gasteiger partial charge in [0.15, 0.2) is 5.82 Å². The van der Waals surface area contributed by atoms with Crippen LogP contribution in [-0.2, 0) is 11.3 Å². The third-order valence-corrected chi connectivity index (χ3v) is 3.07. The van der Waals surface area contributed by atoms with Gasteiger partial charge in [-0.15, -0.1) is 0 Å². The molecule has 1 aromatic carbocycles. The molecule has 6 heteroatoms. The molecule has 2 heterocycles. The predicted molar refractivity (Wildman–Crippen MR) is 66.1 cm³/mol. The van der Waals surface area contributed by atoms with Crippen LogP contribution in [0, 0.1) is 11.6 Å². The number of pyridine rings is 1. The van der Waals surface area contributed by atoms with Crippen LogP contribution in [0.25, 0.3) is 0 Å². The molecule has 3 rings (SSSR count). The number of anilines is 1. The molecule has 4 nitrogen and oxygen atoms in total. The molecule has 0 N–H and O–H groups in total. The SMILES string of the molecule is O=C1C(=O)N(Cc2ccncc2)c2c(F)cc(F)cc21. The van der Waals surface area contributed by atoms with Gasteiger partial charge in [-0.05, 0) is 23.8 Å². The van der Waals surface area contributed by atoms with Crippen molar-refractivity contribution < 1.29 is 18.4 Å².